The number of Topliss-reactive ketones (excluding diaryl/α,β-unsaturated/α-hetero) is 1. The molecule has 0 aliphatic heterocycles. The number of hydrogen-bond acceptors (Lipinski definition) is 5. The summed E-state index contributed by atoms with van der Waals surface area (Å²) in [5.41, 5.74) is 0.294. The Kier molecular flexibility index (Phi) is 6.04. The van der Waals surface area contributed by atoms with Gasteiger partial charge in [0.25, 0.3) is 0 Å². The predicted octanol–water partition coefficient (Wildman–Crippen LogP) is 1.46. The minimum atomic E-state index is -3.66. The smallest absolute Gasteiger partial charge is 0.338 e. The van der Waals surface area contributed by atoms with Crippen LogP contribution in [0.1, 0.15) is 30.6 Å². The zero-order valence-corrected chi connectivity index (χ0v) is 13.1. The molecule has 0 aliphatic carbocycles. The first-order valence-electron chi connectivity index (χ1n) is 6.52. The fourth-order valence-electron chi connectivity index (χ4n) is 1.59. The lowest BCUT2D eigenvalue weighted by molar-refractivity contribution is -0.117. The maximum absolute atomic E-state index is 12.3. The van der Waals surface area contributed by atoms with Gasteiger partial charge in [-0.15, -0.1) is 0 Å². The van der Waals surface area contributed by atoms with Crippen LogP contribution in [-0.4, -0.2) is 44.7 Å². The minimum Gasteiger partial charge on any atom is -0.462 e. The Morgan fingerprint density at radius 3 is 2.24 bits per heavy atom. The number of esters is 1. The molecule has 0 saturated heterocycles. The van der Waals surface area contributed by atoms with Gasteiger partial charge in [-0.25, -0.2) is 17.5 Å². The average Bonchev–Trinajstić information content (AvgIpc) is 2.45. The second kappa shape index (κ2) is 7.33. The third-order valence-corrected chi connectivity index (χ3v) is 4.72. The molecule has 0 N–H and O–H groups in total. The Morgan fingerprint density at radius 2 is 1.76 bits per heavy atom. The minimum absolute atomic E-state index is 0.0709. The van der Waals surface area contributed by atoms with Crippen molar-refractivity contribution in [2.45, 2.75) is 25.2 Å². The Hall–Kier alpha value is -1.73. The van der Waals surface area contributed by atoms with Crippen molar-refractivity contribution in [2.24, 2.45) is 0 Å². The molecule has 0 saturated carbocycles. The first-order valence-corrected chi connectivity index (χ1v) is 7.96. The highest BCUT2D eigenvalue weighted by molar-refractivity contribution is 7.89. The van der Waals surface area contributed by atoms with E-state index in [2.05, 4.69) is 0 Å². The molecule has 116 valence electrons. The van der Waals surface area contributed by atoms with Crippen molar-refractivity contribution in [3.8, 4) is 0 Å². The lowest BCUT2D eigenvalue weighted by atomic mass is 10.2. The quantitative estimate of drug-likeness (QED) is 0.712. The molecule has 0 atom stereocenters. The number of hydrogen-bond donors (Lipinski definition) is 0. The third kappa shape index (κ3) is 4.64. The van der Waals surface area contributed by atoms with Crippen LogP contribution in [0.4, 0.5) is 0 Å². The average molecular weight is 313 g/mol. The number of ether oxygens (including phenoxy) is 1. The highest BCUT2D eigenvalue weighted by Gasteiger charge is 2.21. The van der Waals surface area contributed by atoms with E-state index in [-0.39, 0.29) is 30.3 Å². The van der Waals surface area contributed by atoms with E-state index in [1.54, 1.807) is 6.92 Å². The first-order chi connectivity index (χ1) is 9.78. The largest absolute Gasteiger partial charge is 0.462 e. The van der Waals surface area contributed by atoms with E-state index >= 15 is 0 Å². The standard InChI is InChI=1S/C14H19NO5S/c1-4-20-14(17)12-5-7-13(8-6-12)21(18,19)15(3)10-9-11(2)16/h5-8H,4,9-10H2,1-3H3. The van der Waals surface area contributed by atoms with E-state index in [1.807, 2.05) is 0 Å². The molecule has 1 aromatic rings. The van der Waals surface area contributed by atoms with Crippen molar-refractivity contribution >= 4 is 21.8 Å². The maximum Gasteiger partial charge on any atom is 0.338 e. The summed E-state index contributed by atoms with van der Waals surface area (Å²) >= 11 is 0. The molecule has 0 heterocycles. The van der Waals surface area contributed by atoms with Crippen LogP contribution in [0.2, 0.25) is 0 Å². The Morgan fingerprint density at radius 1 is 1.19 bits per heavy atom. The number of rotatable bonds is 7. The number of ketones is 1. The summed E-state index contributed by atoms with van der Waals surface area (Å²) in [5.74, 6) is -0.568. The summed E-state index contributed by atoms with van der Waals surface area (Å²) in [7, 11) is -2.25. The van der Waals surface area contributed by atoms with Crippen LogP contribution in [-0.2, 0) is 19.6 Å². The van der Waals surface area contributed by atoms with E-state index in [0.29, 0.717) is 5.56 Å². The van der Waals surface area contributed by atoms with Crippen molar-refractivity contribution in [1.82, 2.24) is 4.31 Å². The van der Waals surface area contributed by atoms with Gasteiger partial charge in [-0.05, 0) is 38.1 Å². The fraction of sp³-hybridized carbons (Fsp3) is 0.429. The highest BCUT2D eigenvalue weighted by atomic mass is 32.2. The van der Waals surface area contributed by atoms with Crippen LogP contribution in [0.15, 0.2) is 29.2 Å². The number of sulfonamides is 1. The van der Waals surface area contributed by atoms with Gasteiger partial charge in [0.1, 0.15) is 5.78 Å². The molecular weight excluding hydrogens is 294 g/mol. The van der Waals surface area contributed by atoms with Crippen LogP contribution in [0.5, 0.6) is 0 Å². The summed E-state index contributed by atoms with van der Waals surface area (Å²) in [6.45, 7) is 3.49. The number of carbonyl (C=O) groups is 2. The third-order valence-electron chi connectivity index (χ3n) is 2.85. The van der Waals surface area contributed by atoms with Gasteiger partial charge in [0.05, 0.1) is 17.1 Å². The number of nitrogens with zero attached hydrogens (tertiary/aromatic N) is 1. The molecule has 7 heteroatoms. The summed E-state index contributed by atoms with van der Waals surface area (Å²) in [5, 5.41) is 0. The molecule has 0 aromatic heterocycles. The zero-order chi connectivity index (χ0) is 16.0. The van der Waals surface area contributed by atoms with Crippen LogP contribution in [0, 0.1) is 0 Å². The van der Waals surface area contributed by atoms with Crippen molar-refractivity contribution < 1.29 is 22.7 Å². The first kappa shape index (κ1) is 17.3. The van der Waals surface area contributed by atoms with Gasteiger partial charge in [0, 0.05) is 20.0 Å². The Bertz CT molecular complexity index is 607. The van der Waals surface area contributed by atoms with E-state index < -0.39 is 16.0 Å². The summed E-state index contributed by atoms with van der Waals surface area (Å²) in [6.07, 6.45) is 0.163. The second-order valence-electron chi connectivity index (χ2n) is 4.52. The van der Waals surface area contributed by atoms with Gasteiger partial charge in [-0.3, -0.25) is 4.79 Å². The van der Waals surface area contributed by atoms with Gasteiger partial charge in [-0.1, -0.05) is 0 Å². The van der Waals surface area contributed by atoms with Gasteiger partial charge in [0.2, 0.25) is 10.0 Å². The highest BCUT2D eigenvalue weighted by Crippen LogP contribution is 2.16. The molecule has 21 heavy (non-hydrogen) atoms. The lowest BCUT2D eigenvalue weighted by Crippen LogP contribution is -2.29. The molecule has 0 fully saturated rings. The number of benzene rings is 1. The van der Waals surface area contributed by atoms with Crippen molar-refractivity contribution in [1.29, 1.82) is 0 Å². The topological polar surface area (TPSA) is 80.8 Å². The van der Waals surface area contributed by atoms with E-state index in [4.69, 9.17) is 4.74 Å². The monoisotopic (exact) mass is 313 g/mol. The lowest BCUT2D eigenvalue weighted by Gasteiger charge is -2.16. The summed E-state index contributed by atoms with van der Waals surface area (Å²) < 4.78 is 30.4. The number of carbonyl (C=O) groups excluding carboxylic acids is 2. The zero-order valence-electron chi connectivity index (χ0n) is 12.3. The molecule has 0 unspecified atom stereocenters. The molecule has 1 aromatic carbocycles. The van der Waals surface area contributed by atoms with Crippen molar-refractivity contribution in [2.75, 3.05) is 20.2 Å². The van der Waals surface area contributed by atoms with Crippen LogP contribution in [0.25, 0.3) is 0 Å². The summed E-state index contributed by atoms with van der Waals surface area (Å²) in [6, 6.07) is 5.52. The van der Waals surface area contributed by atoms with Crippen molar-refractivity contribution in [3.63, 3.8) is 0 Å². The molecule has 0 aliphatic rings. The van der Waals surface area contributed by atoms with E-state index in [1.165, 1.54) is 38.2 Å². The molecule has 0 spiro atoms. The molecule has 6 nitrogen and oxygen atoms in total. The molecule has 0 bridgehead atoms. The molecular formula is C14H19NO5S. The van der Waals surface area contributed by atoms with Crippen molar-refractivity contribution in [3.05, 3.63) is 29.8 Å². The van der Waals surface area contributed by atoms with Gasteiger partial charge < -0.3 is 4.74 Å². The van der Waals surface area contributed by atoms with Crippen LogP contribution < -0.4 is 0 Å². The Balaban J connectivity index is 2.89. The molecule has 0 amide bonds. The summed E-state index contributed by atoms with van der Waals surface area (Å²) in [4.78, 5) is 22.5. The van der Waals surface area contributed by atoms with Gasteiger partial charge in [0.15, 0.2) is 0 Å². The van der Waals surface area contributed by atoms with Crippen LogP contribution >= 0.6 is 0 Å². The SMILES string of the molecule is CCOC(=O)c1ccc(S(=O)(=O)N(C)CCC(C)=O)cc1. The van der Waals surface area contributed by atoms with Crippen LogP contribution in [0.3, 0.4) is 0 Å². The van der Waals surface area contributed by atoms with Gasteiger partial charge >= 0.3 is 5.97 Å². The van der Waals surface area contributed by atoms with E-state index in [9.17, 15) is 18.0 Å². The Labute approximate surface area is 124 Å². The normalized spacial score (nSPS) is 11.4. The molecule has 0 radical (unpaired) electrons. The maximum atomic E-state index is 12.3. The van der Waals surface area contributed by atoms with E-state index in [0.717, 1.165) is 4.31 Å². The molecule has 1 rings (SSSR count). The predicted molar refractivity (Wildman–Crippen MR) is 77.5 cm³/mol. The fourth-order valence-corrected chi connectivity index (χ4v) is 2.76. The van der Waals surface area contributed by atoms with Gasteiger partial charge in [-0.2, -0.15) is 0 Å². The second-order valence-corrected chi connectivity index (χ2v) is 6.57.